The van der Waals surface area contributed by atoms with Gasteiger partial charge in [0.1, 0.15) is 5.84 Å². The molecule has 18 heavy (non-hydrogen) atoms. The van der Waals surface area contributed by atoms with Crippen LogP contribution in [0.4, 0.5) is 0 Å². The summed E-state index contributed by atoms with van der Waals surface area (Å²) in [6, 6.07) is 5.72. The molecule has 0 saturated heterocycles. The molecule has 0 saturated carbocycles. The van der Waals surface area contributed by atoms with Crippen LogP contribution in [0.25, 0.3) is 0 Å². The van der Waals surface area contributed by atoms with Gasteiger partial charge in [0, 0.05) is 13.0 Å². The third-order valence-corrected chi connectivity index (χ3v) is 2.56. The van der Waals surface area contributed by atoms with Crippen molar-refractivity contribution >= 4 is 5.84 Å². The van der Waals surface area contributed by atoms with Crippen molar-refractivity contribution in [3.05, 3.63) is 23.8 Å². The van der Waals surface area contributed by atoms with Gasteiger partial charge in [-0.25, -0.2) is 0 Å². The van der Waals surface area contributed by atoms with Gasteiger partial charge in [0.2, 0.25) is 6.79 Å². The summed E-state index contributed by atoms with van der Waals surface area (Å²) in [7, 11) is 0. The second-order valence-corrected chi connectivity index (χ2v) is 3.94. The second kappa shape index (κ2) is 6.11. The number of fused-ring (bicyclic) bond motifs is 1. The van der Waals surface area contributed by atoms with Gasteiger partial charge in [0.25, 0.3) is 0 Å². The molecule has 0 bridgehead atoms. The van der Waals surface area contributed by atoms with E-state index in [4.69, 9.17) is 25.2 Å². The van der Waals surface area contributed by atoms with Gasteiger partial charge in [0.05, 0.1) is 6.61 Å². The first-order valence-electron chi connectivity index (χ1n) is 5.72. The molecule has 0 aliphatic carbocycles. The van der Waals surface area contributed by atoms with E-state index in [-0.39, 0.29) is 12.6 Å². The molecule has 1 aliphatic rings. The molecule has 2 rings (SSSR count). The molecule has 0 radical (unpaired) electrons. The van der Waals surface area contributed by atoms with Crippen molar-refractivity contribution in [2.45, 2.75) is 19.4 Å². The number of nitrogens with zero attached hydrogens (tertiary/aromatic N) is 1. The molecule has 1 aliphatic heterocycles. The maximum absolute atomic E-state index is 8.36. The highest BCUT2D eigenvalue weighted by Crippen LogP contribution is 2.32. The molecule has 0 fully saturated rings. The largest absolute Gasteiger partial charge is 0.454 e. The maximum Gasteiger partial charge on any atom is 0.231 e. The topological polar surface area (TPSA) is 86.3 Å². The SMILES string of the molecule is N/C(CCCOCc1ccc2c(c1)OCO2)=N\O. The van der Waals surface area contributed by atoms with E-state index in [1.807, 2.05) is 18.2 Å². The molecule has 0 unspecified atom stereocenters. The lowest BCUT2D eigenvalue weighted by molar-refractivity contribution is 0.119. The van der Waals surface area contributed by atoms with Crippen LogP contribution in [0.3, 0.4) is 0 Å². The zero-order chi connectivity index (χ0) is 12.8. The molecule has 3 N–H and O–H groups in total. The van der Waals surface area contributed by atoms with Gasteiger partial charge in [-0.3, -0.25) is 0 Å². The molecule has 1 aromatic rings. The molecular weight excluding hydrogens is 236 g/mol. The lowest BCUT2D eigenvalue weighted by atomic mass is 10.2. The van der Waals surface area contributed by atoms with Crippen molar-refractivity contribution in [1.29, 1.82) is 0 Å². The predicted octanol–water partition coefficient (Wildman–Crippen LogP) is 1.46. The van der Waals surface area contributed by atoms with Gasteiger partial charge in [-0.1, -0.05) is 11.2 Å². The highest BCUT2D eigenvalue weighted by atomic mass is 16.7. The molecule has 1 heterocycles. The number of hydrogen-bond acceptors (Lipinski definition) is 5. The molecule has 98 valence electrons. The zero-order valence-electron chi connectivity index (χ0n) is 9.96. The molecule has 0 atom stereocenters. The minimum atomic E-state index is 0.224. The lowest BCUT2D eigenvalue weighted by Crippen LogP contribution is -2.12. The Labute approximate surface area is 105 Å². The van der Waals surface area contributed by atoms with E-state index in [9.17, 15) is 0 Å². The van der Waals surface area contributed by atoms with E-state index in [0.29, 0.717) is 19.6 Å². The Morgan fingerprint density at radius 1 is 1.39 bits per heavy atom. The fourth-order valence-corrected chi connectivity index (χ4v) is 1.63. The number of hydrogen-bond donors (Lipinski definition) is 2. The van der Waals surface area contributed by atoms with Gasteiger partial charge in [0.15, 0.2) is 11.5 Å². The van der Waals surface area contributed by atoms with Crippen molar-refractivity contribution in [2.24, 2.45) is 10.9 Å². The highest BCUT2D eigenvalue weighted by molar-refractivity contribution is 5.79. The second-order valence-electron chi connectivity index (χ2n) is 3.94. The number of oxime groups is 1. The van der Waals surface area contributed by atoms with Gasteiger partial charge < -0.3 is 25.2 Å². The normalized spacial score (nSPS) is 13.9. The van der Waals surface area contributed by atoms with Crippen LogP contribution in [-0.4, -0.2) is 24.4 Å². The molecule has 1 aromatic carbocycles. The molecule has 0 spiro atoms. The summed E-state index contributed by atoms with van der Waals surface area (Å²) in [5.74, 6) is 1.75. The standard InChI is InChI=1S/C12H16N2O4/c13-12(14-15)2-1-5-16-7-9-3-4-10-11(6-9)18-8-17-10/h3-4,6,15H,1-2,5,7-8H2,(H2,13,14). The highest BCUT2D eigenvalue weighted by Gasteiger charge is 2.12. The van der Waals surface area contributed by atoms with Crippen molar-refractivity contribution in [3.63, 3.8) is 0 Å². The quantitative estimate of drug-likeness (QED) is 0.263. The summed E-state index contributed by atoms with van der Waals surface area (Å²) >= 11 is 0. The minimum Gasteiger partial charge on any atom is -0.454 e. The fourth-order valence-electron chi connectivity index (χ4n) is 1.63. The van der Waals surface area contributed by atoms with Crippen molar-refractivity contribution in [1.82, 2.24) is 0 Å². The summed E-state index contributed by atoms with van der Waals surface area (Å²) in [5, 5.41) is 11.2. The smallest absolute Gasteiger partial charge is 0.231 e. The van der Waals surface area contributed by atoms with Gasteiger partial charge in [-0.15, -0.1) is 0 Å². The molecule has 6 nitrogen and oxygen atoms in total. The molecule has 0 amide bonds. The Bertz CT molecular complexity index is 434. The van der Waals surface area contributed by atoms with Crippen LogP contribution in [0.1, 0.15) is 18.4 Å². The zero-order valence-corrected chi connectivity index (χ0v) is 9.96. The van der Waals surface area contributed by atoms with E-state index in [1.165, 1.54) is 0 Å². The molecular formula is C12H16N2O4. The maximum atomic E-state index is 8.36. The van der Waals surface area contributed by atoms with Crippen LogP contribution in [0.5, 0.6) is 11.5 Å². The monoisotopic (exact) mass is 252 g/mol. The Hall–Kier alpha value is -1.95. The Balaban J connectivity index is 1.71. The molecule has 0 aromatic heterocycles. The third kappa shape index (κ3) is 3.27. The van der Waals surface area contributed by atoms with Crippen LogP contribution in [0.15, 0.2) is 23.4 Å². The van der Waals surface area contributed by atoms with Crippen molar-refractivity contribution in [3.8, 4) is 11.5 Å². The first-order chi connectivity index (χ1) is 8.79. The molecule has 6 heteroatoms. The van der Waals surface area contributed by atoms with Crippen LogP contribution in [-0.2, 0) is 11.3 Å². The Morgan fingerprint density at radius 2 is 2.22 bits per heavy atom. The van der Waals surface area contributed by atoms with Crippen LogP contribution in [0.2, 0.25) is 0 Å². The van der Waals surface area contributed by atoms with Crippen LogP contribution in [0, 0.1) is 0 Å². The average Bonchev–Trinajstić information content (AvgIpc) is 2.85. The summed E-state index contributed by atoms with van der Waals surface area (Å²) in [4.78, 5) is 0. The van der Waals surface area contributed by atoms with E-state index < -0.39 is 0 Å². The van der Waals surface area contributed by atoms with Gasteiger partial charge in [-0.2, -0.15) is 0 Å². The predicted molar refractivity (Wildman–Crippen MR) is 64.9 cm³/mol. The fraction of sp³-hybridized carbons (Fsp3) is 0.417. The van der Waals surface area contributed by atoms with E-state index in [1.54, 1.807) is 0 Å². The number of rotatable bonds is 6. The first-order valence-corrected chi connectivity index (χ1v) is 5.72. The van der Waals surface area contributed by atoms with Gasteiger partial charge in [-0.05, 0) is 24.1 Å². The number of benzene rings is 1. The van der Waals surface area contributed by atoms with E-state index in [0.717, 1.165) is 23.5 Å². The van der Waals surface area contributed by atoms with Crippen LogP contribution < -0.4 is 15.2 Å². The Morgan fingerprint density at radius 3 is 3.06 bits per heavy atom. The third-order valence-electron chi connectivity index (χ3n) is 2.56. The summed E-state index contributed by atoms with van der Waals surface area (Å²) in [6.45, 7) is 1.34. The number of nitrogens with two attached hydrogens (primary N) is 1. The van der Waals surface area contributed by atoms with Gasteiger partial charge >= 0.3 is 0 Å². The van der Waals surface area contributed by atoms with Crippen molar-refractivity contribution in [2.75, 3.05) is 13.4 Å². The van der Waals surface area contributed by atoms with Crippen LogP contribution >= 0.6 is 0 Å². The summed E-state index contributed by atoms with van der Waals surface area (Å²) in [6.07, 6.45) is 1.25. The Kier molecular flexibility index (Phi) is 4.25. The van der Waals surface area contributed by atoms with E-state index in [2.05, 4.69) is 5.16 Å². The number of ether oxygens (including phenoxy) is 3. The van der Waals surface area contributed by atoms with Crippen molar-refractivity contribution < 1.29 is 19.4 Å². The lowest BCUT2D eigenvalue weighted by Gasteiger charge is -2.05. The average molecular weight is 252 g/mol. The van der Waals surface area contributed by atoms with E-state index >= 15 is 0 Å². The first kappa shape index (κ1) is 12.5. The minimum absolute atomic E-state index is 0.224. The summed E-state index contributed by atoms with van der Waals surface area (Å²) in [5.41, 5.74) is 6.37. The summed E-state index contributed by atoms with van der Waals surface area (Å²) < 4.78 is 16.0. The number of amidine groups is 1.